The summed E-state index contributed by atoms with van der Waals surface area (Å²) in [6.07, 6.45) is 15.1. The molecule has 2 unspecified atom stereocenters. The molecular weight excluding hydrogens is 258 g/mol. The Bertz CT molecular complexity index is 431. The number of hydrogen-bond acceptors (Lipinski definition) is 2. The molecule has 2 fully saturated rings. The van der Waals surface area contributed by atoms with Gasteiger partial charge in [-0.2, -0.15) is 0 Å². The van der Waals surface area contributed by atoms with Gasteiger partial charge in [0, 0.05) is 24.8 Å². The lowest BCUT2D eigenvalue weighted by molar-refractivity contribution is 0.242. The Kier molecular flexibility index (Phi) is 4.99. The van der Waals surface area contributed by atoms with Crippen LogP contribution in [0, 0.1) is 11.8 Å². The van der Waals surface area contributed by atoms with Crippen molar-refractivity contribution in [2.45, 2.75) is 83.8 Å². The van der Waals surface area contributed by atoms with Crippen LogP contribution in [0.1, 0.15) is 76.9 Å². The second-order valence-corrected chi connectivity index (χ2v) is 7.32. The standard InChI is InChI=1S/C18H31N3/c1-3-15-7-9-16(10-8-15)12-21-13-19-11-18(21)17-6-4-5-14(2)20-17/h11,13-17,20H,3-10,12H2,1-2H3. The zero-order valence-electron chi connectivity index (χ0n) is 13.7. The van der Waals surface area contributed by atoms with Gasteiger partial charge in [-0.1, -0.05) is 26.2 Å². The first kappa shape index (κ1) is 15.1. The Morgan fingerprint density at radius 1 is 1.14 bits per heavy atom. The smallest absolute Gasteiger partial charge is 0.0948 e. The van der Waals surface area contributed by atoms with E-state index in [4.69, 9.17) is 0 Å². The van der Waals surface area contributed by atoms with Crippen LogP contribution in [0.4, 0.5) is 0 Å². The van der Waals surface area contributed by atoms with Gasteiger partial charge in [0.2, 0.25) is 0 Å². The second kappa shape index (κ2) is 6.95. The molecule has 0 bridgehead atoms. The van der Waals surface area contributed by atoms with Crippen LogP contribution >= 0.6 is 0 Å². The summed E-state index contributed by atoms with van der Waals surface area (Å²) >= 11 is 0. The van der Waals surface area contributed by atoms with Crippen LogP contribution in [0.15, 0.2) is 12.5 Å². The van der Waals surface area contributed by atoms with Gasteiger partial charge < -0.3 is 9.88 Å². The van der Waals surface area contributed by atoms with Crippen molar-refractivity contribution in [3.8, 4) is 0 Å². The highest BCUT2D eigenvalue weighted by Crippen LogP contribution is 2.32. The summed E-state index contributed by atoms with van der Waals surface area (Å²) in [7, 11) is 0. The molecule has 0 aromatic carbocycles. The maximum absolute atomic E-state index is 4.44. The third kappa shape index (κ3) is 3.68. The van der Waals surface area contributed by atoms with Gasteiger partial charge in [0.25, 0.3) is 0 Å². The number of hydrogen-bond donors (Lipinski definition) is 1. The van der Waals surface area contributed by atoms with Crippen molar-refractivity contribution in [2.24, 2.45) is 11.8 Å². The van der Waals surface area contributed by atoms with E-state index in [1.54, 1.807) is 0 Å². The van der Waals surface area contributed by atoms with Crippen LogP contribution in [0.25, 0.3) is 0 Å². The van der Waals surface area contributed by atoms with Gasteiger partial charge >= 0.3 is 0 Å². The second-order valence-electron chi connectivity index (χ2n) is 7.32. The Morgan fingerprint density at radius 3 is 2.62 bits per heavy atom. The largest absolute Gasteiger partial charge is 0.333 e. The molecule has 1 aromatic rings. The van der Waals surface area contributed by atoms with Crippen LogP contribution in [0.5, 0.6) is 0 Å². The summed E-state index contributed by atoms with van der Waals surface area (Å²) in [6.45, 7) is 5.83. The lowest BCUT2D eigenvalue weighted by Crippen LogP contribution is -2.36. The highest BCUT2D eigenvalue weighted by molar-refractivity contribution is 5.07. The maximum Gasteiger partial charge on any atom is 0.0948 e. The predicted molar refractivity (Wildman–Crippen MR) is 87.2 cm³/mol. The number of rotatable bonds is 4. The SMILES string of the molecule is CCC1CCC(Cn2cncc2C2CCCC(C)N2)CC1. The molecule has 3 rings (SSSR count). The normalized spacial score (nSPS) is 34.0. The van der Waals surface area contributed by atoms with Gasteiger partial charge in [0.15, 0.2) is 0 Å². The lowest BCUT2D eigenvalue weighted by Gasteiger charge is -2.31. The van der Waals surface area contributed by atoms with Gasteiger partial charge in [-0.05, 0) is 50.9 Å². The molecule has 0 spiro atoms. The van der Waals surface area contributed by atoms with Crippen molar-refractivity contribution in [3.63, 3.8) is 0 Å². The number of aromatic nitrogens is 2. The van der Waals surface area contributed by atoms with Gasteiger partial charge in [-0.3, -0.25) is 0 Å². The van der Waals surface area contributed by atoms with Crippen molar-refractivity contribution >= 4 is 0 Å². The van der Waals surface area contributed by atoms with Gasteiger partial charge in [-0.25, -0.2) is 4.98 Å². The van der Waals surface area contributed by atoms with Crippen LogP contribution < -0.4 is 5.32 Å². The van der Waals surface area contributed by atoms with E-state index >= 15 is 0 Å². The minimum absolute atomic E-state index is 0.517. The molecule has 118 valence electrons. The Balaban J connectivity index is 1.60. The van der Waals surface area contributed by atoms with Crippen LogP contribution in [-0.4, -0.2) is 15.6 Å². The molecule has 3 nitrogen and oxygen atoms in total. The van der Waals surface area contributed by atoms with Crippen molar-refractivity contribution in [3.05, 3.63) is 18.2 Å². The summed E-state index contributed by atoms with van der Waals surface area (Å²) in [5.74, 6) is 1.85. The zero-order valence-corrected chi connectivity index (χ0v) is 13.7. The summed E-state index contributed by atoms with van der Waals surface area (Å²) in [4.78, 5) is 4.44. The third-order valence-corrected chi connectivity index (χ3v) is 5.72. The molecular formula is C18H31N3. The monoisotopic (exact) mass is 289 g/mol. The number of nitrogens with zero attached hydrogens (tertiary/aromatic N) is 2. The topological polar surface area (TPSA) is 29.9 Å². The molecule has 0 amide bonds. The van der Waals surface area contributed by atoms with E-state index < -0.39 is 0 Å². The van der Waals surface area contributed by atoms with Crippen LogP contribution in [0.3, 0.4) is 0 Å². The molecule has 21 heavy (non-hydrogen) atoms. The summed E-state index contributed by atoms with van der Waals surface area (Å²) in [6, 6.07) is 1.16. The maximum atomic E-state index is 4.44. The Hall–Kier alpha value is -0.830. The molecule has 1 saturated heterocycles. The highest BCUT2D eigenvalue weighted by Gasteiger charge is 2.24. The molecule has 1 saturated carbocycles. The summed E-state index contributed by atoms with van der Waals surface area (Å²) in [5.41, 5.74) is 1.42. The highest BCUT2D eigenvalue weighted by atomic mass is 15.1. The lowest BCUT2D eigenvalue weighted by atomic mass is 9.81. The van der Waals surface area contributed by atoms with Crippen molar-refractivity contribution in [1.29, 1.82) is 0 Å². The minimum Gasteiger partial charge on any atom is -0.333 e. The summed E-state index contributed by atoms with van der Waals surface area (Å²) < 4.78 is 2.44. The van der Waals surface area contributed by atoms with E-state index in [-0.39, 0.29) is 0 Å². The molecule has 1 N–H and O–H groups in total. The van der Waals surface area contributed by atoms with E-state index in [0.717, 1.165) is 11.8 Å². The van der Waals surface area contributed by atoms with E-state index in [2.05, 4.69) is 41.2 Å². The number of nitrogens with one attached hydrogen (secondary N) is 1. The van der Waals surface area contributed by atoms with Crippen LogP contribution in [0.2, 0.25) is 0 Å². The molecule has 2 aliphatic rings. The van der Waals surface area contributed by atoms with Crippen molar-refractivity contribution < 1.29 is 0 Å². The van der Waals surface area contributed by atoms with Gasteiger partial charge in [0.1, 0.15) is 0 Å². The van der Waals surface area contributed by atoms with E-state index in [9.17, 15) is 0 Å². The van der Waals surface area contributed by atoms with E-state index in [1.165, 1.54) is 63.6 Å². The van der Waals surface area contributed by atoms with Crippen LogP contribution in [-0.2, 0) is 6.54 Å². The van der Waals surface area contributed by atoms with Gasteiger partial charge in [0.05, 0.1) is 12.0 Å². The molecule has 1 aliphatic heterocycles. The van der Waals surface area contributed by atoms with Crippen molar-refractivity contribution in [2.75, 3.05) is 0 Å². The molecule has 2 heterocycles. The molecule has 1 aliphatic carbocycles. The fourth-order valence-electron chi connectivity index (χ4n) is 4.25. The first-order chi connectivity index (χ1) is 10.3. The quantitative estimate of drug-likeness (QED) is 0.895. The first-order valence-electron chi connectivity index (χ1n) is 9.02. The minimum atomic E-state index is 0.517. The predicted octanol–water partition coefficient (Wildman–Crippen LogP) is 4.30. The number of piperidine rings is 1. The fourth-order valence-corrected chi connectivity index (χ4v) is 4.25. The van der Waals surface area contributed by atoms with E-state index in [1.807, 2.05) is 0 Å². The van der Waals surface area contributed by atoms with Gasteiger partial charge in [-0.15, -0.1) is 0 Å². The molecule has 3 heteroatoms. The Morgan fingerprint density at radius 2 is 1.90 bits per heavy atom. The number of imidazole rings is 1. The van der Waals surface area contributed by atoms with Crippen molar-refractivity contribution in [1.82, 2.24) is 14.9 Å². The average molecular weight is 289 g/mol. The summed E-state index contributed by atoms with van der Waals surface area (Å²) in [5, 5.41) is 3.75. The fraction of sp³-hybridized carbons (Fsp3) is 0.833. The zero-order chi connectivity index (χ0) is 14.7. The first-order valence-corrected chi connectivity index (χ1v) is 9.02. The third-order valence-electron chi connectivity index (χ3n) is 5.72. The van der Waals surface area contributed by atoms with E-state index in [0.29, 0.717) is 12.1 Å². The average Bonchev–Trinajstić information content (AvgIpc) is 2.96. The molecule has 1 aromatic heterocycles. The Labute approximate surface area is 129 Å². The molecule has 0 radical (unpaired) electrons. The molecule has 2 atom stereocenters.